The zero-order valence-corrected chi connectivity index (χ0v) is 17.2. The van der Waals surface area contributed by atoms with Crippen molar-refractivity contribution in [1.82, 2.24) is 14.9 Å². The molecule has 6 nitrogen and oxygen atoms in total. The first-order valence-electron chi connectivity index (χ1n) is 9.52. The smallest absolute Gasteiger partial charge is 0.152 e. The maximum absolute atomic E-state index is 13.6. The highest BCUT2D eigenvalue weighted by molar-refractivity contribution is 7.91. The van der Waals surface area contributed by atoms with Crippen LogP contribution in [0.2, 0.25) is 0 Å². The van der Waals surface area contributed by atoms with E-state index < -0.39 is 26.7 Å². The molecule has 0 bridgehead atoms. The van der Waals surface area contributed by atoms with Gasteiger partial charge in [-0.25, -0.2) is 12.8 Å². The summed E-state index contributed by atoms with van der Waals surface area (Å²) in [6.45, 7) is 0.535. The van der Waals surface area contributed by atoms with Gasteiger partial charge in [-0.15, -0.1) is 0 Å². The Labute approximate surface area is 175 Å². The van der Waals surface area contributed by atoms with E-state index in [-0.39, 0.29) is 18.9 Å². The summed E-state index contributed by atoms with van der Waals surface area (Å²) in [7, 11) is -3.20. The Morgan fingerprint density at radius 1 is 1.03 bits per heavy atom. The molecule has 1 aliphatic rings. The van der Waals surface area contributed by atoms with Crippen LogP contribution in [0.4, 0.5) is 4.39 Å². The molecule has 3 aromatic rings. The van der Waals surface area contributed by atoms with E-state index in [0.29, 0.717) is 16.7 Å². The zero-order valence-electron chi connectivity index (χ0n) is 16.4. The van der Waals surface area contributed by atoms with Crippen LogP contribution in [0.25, 0.3) is 0 Å². The largest absolute Gasteiger partial charge is 0.378 e. The van der Waals surface area contributed by atoms with Gasteiger partial charge in [-0.3, -0.25) is 14.9 Å². The summed E-state index contributed by atoms with van der Waals surface area (Å²) < 4.78 is 37.6. The minimum absolute atomic E-state index is 0.268. The standard InChI is InChI=1S/C22H22FN3O3S/c1-30(28,29)20-14-26(15-20)21(16-6-8-19(23)9-7-16)22(27,17-4-2-10-24-12-17)18-5-3-11-25-13-18/h2-13,20-21,27H,14-15H2,1H3. The lowest BCUT2D eigenvalue weighted by atomic mass is 9.76. The second-order valence-electron chi connectivity index (χ2n) is 7.61. The molecule has 0 spiro atoms. The van der Waals surface area contributed by atoms with E-state index in [9.17, 15) is 17.9 Å². The summed E-state index contributed by atoms with van der Waals surface area (Å²) >= 11 is 0. The average molecular weight is 428 g/mol. The molecule has 0 radical (unpaired) electrons. The maximum atomic E-state index is 13.6. The summed E-state index contributed by atoms with van der Waals surface area (Å²) in [6, 6.07) is 12.2. The van der Waals surface area contributed by atoms with Crippen molar-refractivity contribution in [2.45, 2.75) is 16.9 Å². The normalized spacial score (nSPS) is 16.8. The van der Waals surface area contributed by atoms with E-state index in [0.717, 1.165) is 0 Å². The van der Waals surface area contributed by atoms with Crippen LogP contribution in [0.15, 0.2) is 73.3 Å². The molecule has 1 aromatic carbocycles. The van der Waals surface area contributed by atoms with Gasteiger partial charge in [0.2, 0.25) is 0 Å². The number of halogens is 1. The molecule has 0 saturated carbocycles. The van der Waals surface area contributed by atoms with Crippen LogP contribution in [0.5, 0.6) is 0 Å². The molecule has 4 rings (SSSR count). The number of sulfone groups is 1. The van der Waals surface area contributed by atoms with Crippen molar-refractivity contribution in [2.75, 3.05) is 19.3 Å². The van der Waals surface area contributed by atoms with E-state index >= 15 is 0 Å². The van der Waals surface area contributed by atoms with Gasteiger partial charge in [0.15, 0.2) is 9.84 Å². The number of aromatic nitrogens is 2. The highest BCUT2D eigenvalue weighted by atomic mass is 32.2. The second-order valence-corrected chi connectivity index (χ2v) is 9.94. The SMILES string of the molecule is CS(=O)(=O)C1CN(C(c2ccc(F)cc2)C(O)(c2cccnc2)c2cccnc2)C1. The number of hydrogen-bond donors (Lipinski definition) is 1. The molecule has 30 heavy (non-hydrogen) atoms. The molecule has 1 N–H and O–H groups in total. The summed E-state index contributed by atoms with van der Waals surface area (Å²) in [6.07, 6.45) is 7.61. The molecule has 1 fully saturated rings. The fourth-order valence-electron chi connectivity index (χ4n) is 3.97. The first kappa shape index (κ1) is 20.6. The Bertz CT molecular complexity index is 1060. The van der Waals surface area contributed by atoms with Crippen molar-refractivity contribution in [3.63, 3.8) is 0 Å². The second kappa shape index (κ2) is 7.86. The van der Waals surface area contributed by atoms with Crippen LogP contribution >= 0.6 is 0 Å². The number of hydrogen-bond acceptors (Lipinski definition) is 6. The quantitative estimate of drug-likeness (QED) is 0.650. The molecule has 2 aromatic heterocycles. The first-order chi connectivity index (χ1) is 14.3. The highest BCUT2D eigenvalue weighted by Gasteiger charge is 2.49. The third-order valence-corrected chi connectivity index (χ3v) is 7.14. The Morgan fingerprint density at radius 3 is 2.00 bits per heavy atom. The number of nitrogens with zero attached hydrogens (tertiary/aromatic N) is 3. The van der Waals surface area contributed by atoms with Crippen LogP contribution in [0, 0.1) is 5.82 Å². The monoisotopic (exact) mass is 427 g/mol. The topological polar surface area (TPSA) is 83.4 Å². The molecular formula is C22H22FN3O3S. The Morgan fingerprint density at radius 2 is 1.57 bits per heavy atom. The lowest BCUT2D eigenvalue weighted by Crippen LogP contribution is -2.59. The molecule has 8 heteroatoms. The Kier molecular flexibility index (Phi) is 5.40. The van der Waals surface area contributed by atoms with Gasteiger partial charge in [0.05, 0.1) is 11.3 Å². The predicted molar refractivity (Wildman–Crippen MR) is 111 cm³/mol. The van der Waals surface area contributed by atoms with Gasteiger partial charge in [-0.1, -0.05) is 24.3 Å². The van der Waals surface area contributed by atoms with Crippen molar-refractivity contribution in [2.24, 2.45) is 0 Å². The Hall–Kier alpha value is -2.68. The van der Waals surface area contributed by atoms with E-state index in [4.69, 9.17) is 0 Å². The van der Waals surface area contributed by atoms with E-state index in [1.807, 2.05) is 4.90 Å². The molecule has 1 aliphatic heterocycles. The van der Waals surface area contributed by atoms with Crippen molar-refractivity contribution in [1.29, 1.82) is 0 Å². The number of aliphatic hydroxyl groups is 1. The molecule has 0 aliphatic carbocycles. The van der Waals surface area contributed by atoms with Crippen LogP contribution in [-0.4, -0.2) is 53.0 Å². The third-order valence-electron chi connectivity index (χ3n) is 5.63. The van der Waals surface area contributed by atoms with Crippen LogP contribution in [0.3, 0.4) is 0 Å². The van der Waals surface area contributed by atoms with Gasteiger partial charge in [0, 0.05) is 55.3 Å². The van der Waals surface area contributed by atoms with Crippen molar-refractivity contribution in [3.05, 3.63) is 95.8 Å². The lowest BCUT2D eigenvalue weighted by molar-refractivity contribution is -0.0452. The first-order valence-corrected chi connectivity index (χ1v) is 11.5. The fraction of sp³-hybridized carbons (Fsp3) is 0.273. The van der Waals surface area contributed by atoms with Gasteiger partial charge >= 0.3 is 0 Å². The van der Waals surface area contributed by atoms with Gasteiger partial charge in [0.1, 0.15) is 11.4 Å². The van der Waals surface area contributed by atoms with Crippen molar-refractivity contribution < 1.29 is 17.9 Å². The minimum Gasteiger partial charge on any atom is -0.378 e. The minimum atomic E-state index is -3.20. The number of pyridine rings is 2. The summed E-state index contributed by atoms with van der Waals surface area (Å²) in [4.78, 5) is 10.2. The Balaban J connectivity index is 1.87. The fourth-order valence-corrected chi connectivity index (χ4v) is 4.90. The number of likely N-dealkylation sites (tertiary alicyclic amines) is 1. The number of rotatable bonds is 6. The molecule has 1 saturated heterocycles. The molecular weight excluding hydrogens is 405 g/mol. The van der Waals surface area contributed by atoms with E-state index in [1.165, 1.54) is 18.4 Å². The molecule has 3 heterocycles. The van der Waals surface area contributed by atoms with Gasteiger partial charge < -0.3 is 5.11 Å². The third kappa shape index (κ3) is 3.74. The van der Waals surface area contributed by atoms with Crippen LogP contribution in [0.1, 0.15) is 22.7 Å². The molecule has 1 unspecified atom stereocenters. The molecule has 0 amide bonds. The van der Waals surface area contributed by atoms with Crippen LogP contribution < -0.4 is 0 Å². The average Bonchev–Trinajstić information content (AvgIpc) is 2.71. The van der Waals surface area contributed by atoms with Gasteiger partial charge in [-0.05, 0) is 29.8 Å². The molecule has 1 atom stereocenters. The summed E-state index contributed by atoms with van der Waals surface area (Å²) in [5.74, 6) is -0.388. The van der Waals surface area contributed by atoms with Gasteiger partial charge in [0.25, 0.3) is 0 Å². The number of benzene rings is 1. The van der Waals surface area contributed by atoms with Gasteiger partial charge in [-0.2, -0.15) is 0 Å². The predicted octanol–water partition coefficient (Wildman–Crippen LogP) is 2.32. The van der Waals surface area contributed by atoms with E-state index in [2.05, 4.69) is 9.97 Å². The van der Waals surface area contributed by atoms with Crippen molar-refractivity contribution in [3.8, 4) is 0 Å². The highest BCUT2D eigenvalue weighted by Crippen LogP contribution is 2.46. The summed E-state index contributed by atoms with van der Waals surface area (Å²) in [5, 5.41) is 11.7. The van der Waals surface area contributed by atoms with Crippen molar-refractivity contribution >= 4 is 9.84 Å². The van der Waals surface area contributed by atoms with Crippen LogP contribution in [-0.2, 0) is 15.4 Å². The lowest BCUT2D eigenvalue weighted by Gasteiger charge is -2.50. The zero-order chi connectivity index (χ0) is 21.4. The summed E-state index contributed by atoms with van der Waals surface area (Å²) in [5.41, 5.74) is 0.159. The van der Waals surface area contributed by atoms with E-state index in [1.54, 1.807) is 61.2 Å². The molecule has 156 valence electrons. The maximum Gasteiger partial charge on any atom is 0.152 e.